The molecule has 2 fully saturated rings. The number of carbonyl (C=O) groups is 1. The molecule has 3 rings (SSSR count). The first kappa shape index (κ1) is 12.9. The molecular formula is C15H18N4O. The number of urea groups is 1. The fraction of sp³-hybridized carbons (Fsp3) is 0.467. The lowest BCUT2D eigenvalue weighted by atomic mass is 9.93. The lowest BCUT2D eigenvalue weighted by Gasteiger charge is -2.34. The summed E-state index contributed by atoms with van der Waals surface area (Å²) in [6, 6.07) is 9.61. The normalized spacial score (nSPS) is 24.9. The number of amides is 2. The summed E-state index contributed by atoms with van der Waals surface area (Å²) in [4.78, 5) is 14.1. The maximum atomic E-state index is 12.3. The zero-order valence-corrected chi connectivity index (χ0v) is 11.3. The van der Waals surface area contributed by atoms with Crippen molar-refractivity contribution < 1.29 is 4.79 Å². The molecule has 5 heteroatoms. The molecule has 0 aromatic heterocycles. The lowest BCUT2D eigenvalue weighted by molar-refractivity contribution is 0.170. The third-order valence-electron chi connectivity index (χ3n) is 4.19. The van der Waals surface area contributed by atoms with Crippen LogP contribution in [-0.2, 0) is 0 Å². The molecule has 2 saturated heterocycles. The molecule has 0 aliphatic carbocycles. The van der Waals surface area contributed by atoms with E-state index in [2.05, 4.69) is 16.7 Å². The third kappa shape index (κ3) is 2.61. The van der Waals surface area contributed by atoms with Gasteiger partial charge in [0, 0.05) is 24.8 Å². The molecule has 20 heavy (non-hydrogen) atoms. The molecule has 104 valence electrons. The molecule has 2 atom stereocenters. The first-order valence-corrected chi connectivity index (χ1v) is 7.06. The Kier molecular flexibility index (Phi) is 3.57. The van der Waals surface area contributed by atoms with E-state index in [-0.39, 0.29) is 6.03 Å². The molecule has 2 aliphatic heterocycles. The van der Waals surface area contributed by atoms with Crippen LogP contribution in [0.4, 0.5) is 10.5 Å². The second-order valence-corrected chi connectivity index (χ2v) is 5.47. The van der Waals surface area contributed by atoms with Crippen molar-refractivity contribution in [2.75, 3.05) is 25.0 Å². The van der Waals surface area contributed by atoms with Crippen LogP contribution in [0.3, 0.4) is 0 Å². The van der Waals surface area contributed by atoms with E-state index in [4.69, 9.17) is 5.26 Å². The number of rotatable bonds is 1. The Bertz CT molecular complexity index is 551. The quantitative estimate of drug-likeness (QED) is 0.817. The second-order valence-electron chi connectivity index (χ2n) is 5.47. The molecule has 2 amide bonds. The molecule has 2 unspecified atom stereocenters. The summed E-state index contributed by atoms with van der Waals surface area (Å²) in [5.41, 5.74) is 1.24. The number of nitrogens with zero attached hydrogens (tertiary/aromatic N) is 2. The van der Waals surface area contributed by atoms with E-state index in [1.807, 2.05) is 11.0 Å². The Labute approximate surface area is 118 Å². The minimum absolute atomic E-state index is 0.0644. The number of nitrogens with one attached hydrogen (secondary N) is 2. The Morgan fingerprint density at radius 2 is 2.35 bits per heavy atom. The van der Waals surface area contributed by atoms with Crippen molar-refractivity contribution in [3.8, 4) is 6.07 Å². The van der Waals surface area contributed by atoms with Crippen LogP contribution >= 0.6 is 0 Å². The van der Waals surface area contributed by atoms with E-state index in [9.17, 15) is 4.79 Å². The number of anilines is 1. The summed E-state index contributed by atoms with van der Waals surface area (Å²) in [5, 5.41) is 15.2. The highest BCUT2D eigenvalue weighted by Gasteiger charge is 2.34. The van der Waals surface area contributed by atoms with Crippen molar-refractivity contribution in [3.05, 3.63) is 29.8 Å². The molecule has 2 N–H and O–H groups in total. The average Bonchev–Trinajstić information content (AvgIpc) is 2.94. The molecular weight excluding hydrogens is 252 g/mol. The largest absolute Gasteiger partial charge is 0.324 e. The van der Waals surface area contributed by atoms with Crippen LogP contribution in [0.2, 0.25) is 0 Å². The fourth-order valence-corrected chi connectivity index (χ4v) is 3.10. The molecule has 0 spiro atoms. The van der Waals surface area contributed by atoms with Gasteiger partial charge >= 0.3 is 6.03 Å². The number of nitriles is 1. The first-order valence-electron chi connectivity index (χ1n) is 7.06. The summed E-state index contributed by atoms with van der Waals surface area (Å²) in [5.74, 6) is 0.583. The van der Waals surface area contributed by atoms with E-state index in [1.165, 1.54) is 0 Å². The van der Waals surface area contributed by atoms with Gasteiger partial charge in [0.05, 0.1) is 11.6 Å². The van der Waals surface area contributed by atoms with Gasteiger partial charge < -0.3 is 15.5 Å². The summed E-state index contributed by atoms with van der Waals surface area (Å²) < 4.78 is 0. The zero-order chi connectivity index (χ0) is 13.9. The van der Waals surface area contributed by atoms with E-state index < -0.39 is 0 Å². The predicted octanol–water partition coefficient (Wildman–Crippen LogP) is 1.77. The van der Waals surface area contributed by atoms with Gasteiger partial charge in [-0.2, -0.15) is 5.26 Å². The second kappa shape index (κ2) is 5.51. The number of piperidine rings is 1. The third-order valence-corrected chi connectivity index (χ3v) is 4.19. The minimum atomic E-state index is -0.0644. The van der Waals surface area contributed by atoms with Crippen LogP contribution < -0.4 is 10.6 Å². The van der Waals surface area contributed by atoms with Crippen molar-refractivity contribution in [1.29, 1.82) is 5.26 Å². The van der Waals surface area contributed by atoms with E-state index in [0.717, 1.165) is 32.5 Å². The zero-order valence-electron chi connectivity index (χ0n) is 11.3. The van der Waals surface area contributed by atoms with E-state index in [0.29, 0.717) is 23.2 Å². The van der Waals surface area contributed by atoms with Gasteiger partial charge in [0.25, 0.3) is 0 Å². The van der Waals surface area contributed by atoms with Gasteiger partial charge in [0.15, 0.2) is 0 Å². The van der Waals surface area contributed by atoms with Crippen molar-refractivity contribution >= 4 is 11.7 Å². The molecule has 1 aromatic carbocycles. The van der Waals surface area contributed by atoms with Crippen molar-refractivity contribution in [2.24, 2.45) is 5.92 Å². The summed E-state index contributed by atoms with van der Waals surface area (Å²) >= 11 is 0. The number of likely N-dealkylation sites (tertiary alicyclic amines) is 1. The highest BCUT2D eigenvalue weighted by Crippen LogP contribution is 2.25. The summed E-state index contributed by atoms with van der Waals surface area (Å²) in [6.07, 6.45) is 2.18. The van der Waals surface area contributed by atoms with Gasteiger partial charge in [-0.15, -0.1) is 0 Å². The highest BCUT2D eigenvalue weighted by atomic mass is 16.2. The molecule has 0 bridgehead atoms. The smallest absolute Gasteiger partial charge is 0.321 e. The van der Waals surface area contributed by atoms with Gasteiger partial charge in [-0.3, -0.25) is 0 Å². The number of hydrogen-bond donors (Lipinski definition) is 2. The molecule has 5 nitrogen and oxygen atoms in total. The Morgan fingerprint density at radius 1 is 1.45 bits per heavy atom. The molecule has 2 heterocycles. The van der Waals surface area contributed by atoms with Crippen LogP contribution in [0, 0.1) is 17.2 Å². The van der Waals surface area contributed by atoms with Gasteiger partial charge in [-0.05, 0) is 43.5 Å². The fourth-order valence-electron chi connectivity index (χ4n) is 3.10. The standard InChI is InChI=1S/C15H18N4O/c16-9-11-2-1-3-13(8-11)18-15(20)19-7-5-14-12(10-19)4-6-17-14/h1-3,8,12,14,17H,4-7,10H2,(H,18,20). The predicted molar refractivity (Wildman–Crippen MR) is 76.3 cm³/mol. The summed E-state index contributed by atoms with van der Waals surface area (Å²) in [7, 11) is 0. The molecule has 1 aromatic rings. The lowest BCUT2D eigenvalue weighted by Crippen LogP contribution is -2.48. The maximum Gasteiger partial charge on any atom is 0.321 e. The van der Waals surface area contributed by atoms with Crippen molar-refractivity contribution in [2.45, 2.75) is 18.9 Å². The van der Waals surface area contributed by atoms with Gasteiger partial charge in [0.2, 0.25) is 0 Å². The Morgan fingerprint density at radius 3 is 3.20 bits per heavy atom. The van der Waals surface area contributed by atoms with Gasteiger partial charge in [-0.25, -0.2) is 4.79 Å². The number of carbonyl (C=O) groups excluding carboxylic acids is 1. The minimum Gasteiger partial charge on any atom is -0.324 e. The van der Waals surface area contributed by atoms with Crippen LogP contribution in [0.1, 0.15) is 18.4 Å². The van der Waals surface area contributed by atoms with Crippen LogP contribution in [0.25, 0.3) is 0 Å². The maximum absolute atomic E-state index is 12.3. The van der Waals surface area contributed by atoms with E-state index >= 15 is 0 Å². The number of fused-ring (bicyclic) bond motifs is 1. The molecule has 0 radical (unpaired) electrons. The number of benzene rings is 1. The van der Waals surface area contributed by atoms with Crippen LogP contribution in [-0.4, -0.2) is 36.6 Å². The first-order chi connectivity index (χ1) is 9.76. The topological polar surface area (TPSA) is 68.2 Å². The van der Waals surface area contributed by atoms with Crippen molar-refractivity contribution in [1.82, 2.24) is 10.2 Å². The summed E-state index contributed by atoms with van der Waals surface area (Å²) in [6.45, 7) is 2.67. The van der Waals surface area contributed by atoms with Gasteiger partial charge in [0.1, 0.15) is 0 Å². The number of hydrogen-bond acceptors (Lipinski definition) is 3. The van der Waals surface area contributed by atoms with Crippen LogP contribution in [0.5, 0.6) is 0 Å². The Balaban J connectivity index is 1.63. The molecule has 0 saturated carbocycles. The van der Waals surface area contributed by atoms with E-state index in [1.54, 1.807) is 18.2 Å². The highest BCUT2D eigenvalue weighted by molar-refractivity contribution is 5.89. The Hall–Kier alpha value is -2.06. The van der Waals surface area contributed by atoms with Crippen LogP contribution in [0.15, 0.2) is 24.3 Å². The SMILES string of the molecule is N#Cc1cccc(NC(=O)N2CCC3NCCC3C2)c1. The van der Waals surface area contributed by atoms with Gasteiger partial charge in [-0.1, -0.05) is 6.07 Å². The average molecular weight is 270 g/mol. The molecule has 2 aliphatic rings. The van der Waals surface area contributed by atoms with Crippen molar-refractivity contribution in [3.63, 3.8) is 0 Å². The monoisotopic (exact) mass is 270 g/mol.